The Kier molecular flexibility index (Phi) is 72.2. The van der Waals surface area contributed by atoms with Crippen molar-refractivity contribution in [2.75, 3.05) is 158 Å². The Hall–Kier alpha value is -6.44. The smallest absolute Gasteiger partial charge is 0.445 e. The molecule has 0 radical (unpaired) electrons. The zero-order valence-electron chi connectivity index (χ0n) is 84.6. The first-order valence-electron chi connectivity index (χ1n) is 48.5. The summed E-state index contributed by atoms with van der Waals surface area (Å²) in [5.41, 5.74) is 10.5. The summed E-state index contributed by atoms with van der Waals surface area (Å²) in [5, 5.41) is 21.9. The molecule has 1 amide bonds. The van der Waals surface area contributed by atoms with Gasteiger partial charge in [-0.1, -0.05) is 31.7 Å². The summed E-state index contributed by atoms with van der Waals surface area (Å²) in [6.07, 6.45) is 18.8. The summed E-state index contributed by atoms with van der Waals surface area (Å²) in [4.78, 5) is 59.2. The number of nitrogens with zero attached hydrogens (tertiary/aromatic N) is 9. The standard InChI is InChI=1S/C19H29N3O5Si.C19H30N2O5Si.C18H28N2O4Si.C10H21NO4Si.C10H22O4Si.C9H21ClO3Si.C9H8N2O.CH4/c1-4-25-28(26-5-2,27-6-3)13-7-10-22-19(23)24-15-16-8-9-17-18(14-16)21-12-11-20-17;1-4-24-27(25-5-2,26-6-3)12-9-17(22)15-23-14-16-7-8-18-19(13-16)21-11-10-20-18;1-4-22-25(23-5-2,24-6-3)13-7-12-21-15-16-8-9-17-18(14-16)20-11-10-19-17;1-4-13-16(14-5-2,15-6-3)9-7-8-11-10-12;1-4-12-15(13-5-2,14-6-3)8-7-10-9-11-10;1-4-11-14(12-5-2,13-6-3)9-7-8-10;12-6-7-1-2-8-9(5-7)11-4-3-10-8;/h8-9,11-12,14H,4-7,10,13,15H2,1-3H3,(H,22,23);7-8,10-11,13,17,22H,4-6,9,12,14-15H2,1-3H3;8-11,14H,4-7,12-13,15H2,1-3H3;4-9H2,1-3H3;10H,4-9H2,1-3H3;4-9H2,1-3H3;1-5,12H,6H2;1H4. The summed E-state index contributed by atoms with van der Waals surface area (Å²) in [6.45, 7) is 49.5. The van der Waals surface area contributed by atoms with E-state index in [1.54, 1.807) is 49.6 Å². The van der Waals surface area contributed by atoms with E-state index in [2.05, 4.69) is 50.2 Å². The van der Waals surface area contributed by atoms with E-state index in [4.69, 9.17) is 115 Å². The minimum atomic E-state index is -2.72. The number of ether oxygens (including phenoxy) is 4. The number of nitrogens with one attached hydrogen (secondary N) is 1. The van der Waals surface area contributed by atoms with Crippen LogP contribution in [0.5, 0.6) is 0 Å². The van der Waals surface area contributed by atoms with E-state index in [0.29, 0.717) is 195 Å². The molecule has 0 aliphatic carbocycles. The lowest BCUT2D eigenvalue weighted by Gasteiger charge is -2.29. The lowest BCUT2D eigenvalue weighted by Crippen LogP contribution is -2.46. The molecule has 1 aliphatic rings. The number of aliphatic imine (C=N–C) groups is 1. The molecule has 1 fully saturated rings. The molecular weight excluding hydrogens is 1900 g/mol. The van der Waals surface area contributed by atoms with E-state index in [9.17, 15) is 14.7 Å². The monoisotopic (exact) mass is 2060 g/mol. The van der Waals surface area contributed by atoms with Crippen LogP contribution in [0, 0.1) is 0 Å². The fourth-order valence-electron chi connectivity index (χ4n) is 13.7. The fraction of sp³-hybridized carbons (Fsp3) is 0.642. The maximum atomic E-state index is 11.9. The highest BCUT2D eigenvalue weighted by Crippen LogP contribution is 2.28. The zero-order valence-corrected chi connectivity index (χ0v) is 91.3. The van der Waals surface area contributed by atoms with Crippen molar-refractivity contribution in [3.63, 3.8) is 0 Å². The van der Waals surface area contributed by atoms with Crippen LogP contribution in [0.1, 0.15) is 193 Å². The Labute approximate surface area is 832 Å². The van der Waals surface area contributed by atoms with Gasteiger partial charge in [0.1, 0.15) is 6.61 Å². The lowest BCUT2D eigenvalue weighted by atomic mass is 10.2. The molecule has 0 saturated carbocycles. The van der Waals surface area contributed by atoms with Crippen LogP contribution in [0.25, 0.3) is 44.1 Å². The van der Waals surface area contributed by atoms with Crippen LogP contribution >= 0.6 is 11.6 Å². The number of aliphatic hydroxyl groups excluding tert-OH is 2. The zero-order chi connectivity index (χ0) is 100. The molecule has 0 spiro atoms. The van der Waals surface area contributed by atoms with Gasteiger partial charge in [-0.05, 0) is 234 Å². The summed E-state index contributed by atoms with van der Waals surface area (Å²) in [6, 6.07) is 27.3. The van der Waals surface area contributed by atoms with Crippen molar-refractivity contribution in [3.05, 3.63) is 145 Å². The van der Waals surface area contributed by atoms with E-state index in [-0.39, 0.29) is 27.2 Å². The number of isocyanates is 1. The molecule has 1 aliphatic heterocycles. The highest BCUT2D eigenvalue weighted by molar-refractivity contribution is 6.62. The van der Waals surface area contributed by atoms with Crippen LogP contribution in [-0.4, -0.2) is 285 Å². The van der Waals surface area contributed by atoms with E-state index in [0.717, 1.165) is 117 Å². The Morgan fingerprint density at radius 1 is 0.399 bits per heavy atom. The number of alkyl halides is 1. The maximum Gasteiger partial charge on any atom is 0.501 e. The maximum absolute atomic E-state index is 11.9. The second kappa shape index (κ2) is 78.1. The minimum Gasteiger partial charge on any atom is -0.445 e. The summed E-state index contributed by atoms with van der Waals surface area (Å²) in [5.74, 6) is 0.627. The van der Waals surface area contributed by atoms with Gasteiger partial charge in [0, 0.05) is 224 Å². The number of amides is 1. The van der Waals surface area contributed by atoms with Crippen molar-refractivity contribution in [2.45, 2.75) is 245 Å². The predicted molar refractivity (Wildman–Crippen MR) is 548 cm³/mol. The Morgan fingerprint density at radius 2 is 0.681 bits per heavy atom. The number of epoxide rings is 1. The molecule has 780 valence electrons. The number of hydrogen-bond acceptors (Lipinski definition) is 35. The molecule has 1 saturated heterocycles. The van der Waals surface area contributed by atoms with Crippen molar-refractivity contribution in [3.8, 4) is 0 Å². The van der Waals surface area contributed by atoms with Gasteiger partial charge in [-0.3, -0.25) is 39.9 Å². The topological polar surface area (TPSA) is 408 Å². The van der Waals surface area contributed by atoms with Gasteiger partial charge in [-0.15, -0.1) is 11.6 Å². The number of halogens is 1. The van der Waals surface area contributed by atoms with E-state index < -0.39 is 65.0 Å². The fourth-order valence-corrected chi connectivity index (χ4v) is 29.8. The number of alkyl carbamates (subject to hydrolysis) is 1. The summed E-state index contributed by atoms with van der Waals surface area (Å²) < 4.78 is 125. The van der Waals surface area contributed by atoms with Gasteiger partial charge in [-0.25, -0.2) is 14.6 Å². The Bertz CT molecular complexity index is 4350. The third-order valence-corrected chi connectivity index (χ3v) is 38.2. The van der Waals surface area contributed by atoms with Gasteiger partial charge in [0.2, 0.25) is 6.08 Å². The molecule has 36 nitrogen and oxygen atoms in total. The van der Waals surface area contributed by atoms with Crippen LogP contribution in [0.4, 0.5) is 4.79 Å². The van der Waals surface area contributed by atoms with Crippen molar-refractivity contribution in [2.24, 2.45) is 4.99 Å². The number of hydrogen-bond donors (Lipinski definition) is 3. The van der Waals surface area contributed by atoms with Gasteiger partial charge >= 0.3 is 58.9 Å². The molecule has 138 heavy (non-hydrogen) atoms. The lowest BCUT2D eigenvalue weighted by molar-refractivity contribution is 0.0201. The molecule has 2 unspecified atom stereocenters. The molecular formula is C95H163ClN10O26Si6. The number of aliphatic hydroxyl groups is 2. The first kappa shape index (κ1) is 128. The molecule has 2 atom stereocenters. The second-order valence-corrected chi connectivity index (χ2v) is 46.2. The average Bonchev–Trinajstić information content (AvgIpc) is 1.18. The molecule has 8 aromatic rings. The van der Waals surface area contributed by atoms with Crippen LogP contribution < -0.4 is 5.32 Å². The minimum absolute atomic E-state index is 0. The molecule has 9 rings (SSSR count). The SMILES string of the molecule is C.CCO[Si](CCC(O)COCc1ccc2nccnc2c1)(OCC)OCC.CCO[Si](CCC1CO1)(OCC)OCC.CCO[Si](CCCCl)(OCC)OCC.CCO[Si](CCCN=C=O)(OCC)OCC.CCO[Si](CCCNC(=O)OCc1ccc2nccnc2c1)(OCC)OCC.CCO[Si](CCCOCc1ccc2nccnc2c1)(OCC)OCC.OCc1ccc2nccnc2c1. The second-order valence-electron chi connectivity index (χ2n) is 29.4. The van der Waals surface area contributed by atoms with Crippen LogP contribution in [0.15, 0.2) is 127 Å². The van der Waals surface area contributed by atoms with Crippen molar-refractivity contribution in [1.29, 1.82) is 0 Å². The number of carbonyl (C=O) groups is 1. The quantitative estimate of drug-likeness (QED) is 0.00796. The van der Waals surface area contributed by atoms with Gasteiger partial charge < -0.3 is 114 Å². The molecule has 5 heterocycles. The van der Waals surface area contributed by atoms with Gasteiger partial charge in [0.05, 0.1) is 95.9 Å². The summed E-state index contributed by atoms with van der Waals surface area (Å²) in [7, 11) is -15.3. The number of benzene rings is 4. The molecule has 4 aromatic heterocycles. The Balaban J connectivity index is 0.000000555. The highest BCUT2D eigenvalue weighted by Gasteiger charge is 2.45. The van der Waals surface area contributed by atoms with Crippen molar-refractivity contribution < 1.29 is 118 Å². The molecule has 4 aromatic carbocycles. The molecule has 43 heteroatoms. The van der Waals surface area contributed by atoms with Crippen LogP contribution in [-0.2, 0) is 130 Å². The third-order valence-electron chi connectivity index (χ3n) is 19.2. The number of fused-ring (bicyclic) bond motifs is 4. The highest BCUT2D eigenvalue weighted by atomic mass is 35.5. The predicted octanol–water partition coefficient (Wildman–Crippen LogP) is 17.8. The van der Waals surface area contributed by atoms with E-state index >= 15 is 0 Å². The average molecular weight is 2070 g/mol. The van der Waals surface area contributed by atoms with Gasteiger partial charge in [0.15, 0.2) is 0 Å². The van der Waals surface area contributed by atoms with E-state index in [1.807, 2.05) is 197 Å². The van der Waals surface area contributed by atoms with Gasteiger partial charge in [-0.2, -0.15) is 0 Å². The van der Waals surface area contributed by atoms with Crippen molar-refractivity contribution >= 4 is 121 Å². The van der Waals surface area contributed by atoms with Crippen LogP contribution in [0.3, 0.4) is 0 Å². The first-order valence-corrected chi connectivity index (χ1v) is 60.6. The number of carbonyl (C=O) groups excluding carboxylic acids is 2. The first-order chi connectivity index (χ1) is 66.6. The third kappa shape index (κ3) is 52.2. The normalized spacial score (nSPS) is 12.7. The largest absolute Gasteiger partial charge is 0.501 e. The Morgan fingerprint density at radius 3 is 1.00 bits per heavy atom. The molecule has 0 bridgehead atoms. The van der Waals surface area contributed by atoms with Crippen molar-refractivity contribution in [1.82, 2.24) is 45.2 Å². The summed E-state index contributed by atoms with van der Waals surface area (Å²) >= 11 is 5.66. The number of rotatable bonds is 66. The molecule has 3 N–H and O–H groups in total. The number of aromatic nitrogens is 8. The van der Waals surface area contributed by atoms with Gasteiger partial charge in [0.25, 0.3) is 0 Å². The van der Waals surface area contributed by atoms with Crippen LogP contribution in [0.2, 0.25) is 36.3 Å². The van der Waals surface area contributed by atoms with E-state index in [1.165, 1.54) is 6.08 Å².